The molecule has 3 heterocycles. The van der Waals surface area contributed by atoms with Gasteiger partial charge < -0.3 is 9.84 Å². The van der Waals surface area contributed by atoms with E-state index in [4.69, 9.17) is 9.72 Å². The smallest absolute Gasteiger partial charge is 0.194 e. The number of halogens is 2. The summed E-state index contributed by atoms with van der Waals surface area (Å²) in [4.78, 5) is 10.5. The average molecular weight is 528 g/mol. The number of hydrogen-bond donors (Lipinski definition) is 1. The highest BCUT2D eigenvalue weighted by Crippen LogP contribution is 2.38. The van der Waals surface area contributed by atoms with Crippen molar-refractivity contribution in [1.29, 1.82) is 0 Å². The molecule has 7 nitrogen and oxygen atoms in total. The quantitative estimate of drug-likeness (QED) is 0.286. The van der Waals surface area contributed by atoms with E-state index in [1.165, 1.54) is 35.2 Å². The fourth-order valence-electron chi connectivity index (χ4n) is 3.99. The predicted octanol–water partition coefficient (Wildman–Crippen LogP) is 5.15. The van der Waals surface area contributed by atoms with Crippen LogP contribution in [0.2, 0.25) is 0 Å². The van der Waals surface area contributed by atoms with Gasteiger partial charge >= 0.3 is 0 Å². The van der Waals surface area contributed by atoms with Gasteiger partial charge in [0.2, 0.25) is 0 Å². The van der Waals surface area contributed by atoms with Crippen molar-refractivity contribution >= 4 is 28.1 Å². The number of benzene rings is 2. The Morgan fingerprint density at radius 1 is 1.17 bits per heavy atom. The molecule has 0 amide bonds. The van der Waals surface area contributed by atoms with Crippen LogP contribution in [0.15, 0.2) is 67.5 Å². The van der Waals surface area contributed by atoms with E-state index in [0.717, 1.165) is 39.0 Å². The van der Waals surface area contributed by atoms with Gasteiger partial charge in [0.15, 0.2) is 4.96 Å². The number of ether oxygens (including phenoxy) is 1. The van der Waals surface area contributed by atoms with Gasteiger partial charge in [0, 0.05) is 45.5 Å². The minimum absolute atomic E-state index is 0.0181. The lowest BCUT2D eigenvalue weighted by Crippen LogP contribution is -2.41. The summed E-state index contributed by atoms with van der Waals surface area (Å²) in [5, 5.41) is 15.3. The fraction of sp³-hybridized carbons (Fsp3) is 0.240. The van der Waals surface area contributed by atoms with Crippen LogP contribution in [0, 0.1) is 11.6 Å². The Bertz CT molecular complexity index is 1440. The Morgan fingerprint density at radius 2 is 1.97 bits per heavy atom. The molecular formula is C25H23F2N5O2S2. The number of aliphatic hydroxyl groups is 1. The largest absolute Gasteiger partial charge is 0.497 e. The van der Waals surface area contributed by atoms with Gasteiger partial charge in [0.1, 0.15) is 35.6 Å². The Hall–Kier alpha value is -3.28. The van der Waals surface area contributed by atoms with Crippen molar-refractivity contribution in [1.82, 2.24) is 24.1 Å². The molecule has 0 saturated carbocycles. The predicted molar refractivity (Wildman–Crippen MR) is 136 cm³/mol. The molecule has 2 aromatic carbocycles. The monoisotopic (exact) mass is 527 g/mol. The number of imidazole rings is 1. The summed E-state index contributed by atoms with van der Waals surface area (Å²) in [6.45, 7) is 1.80. The summed E-state index contributed by atoms with van der Waals surface area (Å²) in [6, 6.07) is 11.0. The molecule has 186 valence electrons. The highest BCUT2D eigenvalue weighted by molar-refractivity contribution is 7.99. The van der Waals surface area contributed by atoms with Crippen LogP contribution >= 0.6 is 23.1 Å². The van der Waals surface area contributed by atoms with Crippen molar-refractivity contribution in [2.24, 2.45) is 0 Å². The lowest BCUT2D eigenvalue weighted by molar-refractivity contribution is 0.0133. The van der Waals surface area contributed by atoms with Crippen LogP contribution in [0.4, 0.5) is 8.78 Å². The van der Waals surface area contributed by atoms with Gasteiger partial charge in [-0.2, -0.15) is 5.10 Å². The van der Waals surface area contributed by atoms with Crippen molar-refractivity contribution in [2.75, 3.05) is 7.11 Å². The van der Waals surface area contributed by atoms with E-state index in [9.17, 15) is 13.9 Å². The van der Waals surface area contributed by atoms with E-state index < -0.39 is 22.5 Å². The molecule has 0 aliphatic carbocycles. The van der Waals surface area contributed by atoms with E-state index in [-0.39, 0.29) is 12.1 Å². The Kier molecular flexibility index (Phi) is 6.78. The molecule has 0 unspecified atom stereocenters. The summed E-state index contributed by atoms with van der Waals surface area (Å²) >= 11 is 3.03. The number of methoxy groups -OCH3 is 1. The molecule has 0 radical (unpaired) electrons. The highest BCUT2D eigenvalue weighted by atomic mass is 32.2. The fourth-order valence-corrected chi connectivity index (χ4v) is 6.15. The number of rotatable bonds is 9. The minimum Gasteiger partial charge on any atom is -0.497 e. The summed E-state index contributed by atoms with van der Waals surface area (Å²) in [7, 11) is 1.63. The zero-order valence-electron chi connectivity index (χ0n) is 19.5. The number of thiazole rings is 1. The van der Waals surface area contributed by atoms with Gasteiger partial charge in [-0.25, -0.2) is 23.4 Å². The second kappa shape index (κ2) is 10.00. The zero-order valence-corrected chi connectivity index (χ0v) is 21.1. The molecule has 0 saturated heterocycles. The van der Waals surface area contributed by atoms with E-state index in [0.29, 0.717) is 5.75 Å². The number of fused-ring (bicyclic) bond motifs is 1. The summed E-state index contributed by atoms with van der Waals surface area (Å²) < 4.78 is 36.9. The minimum atomic E-state index is -1.64. The number of nitrogens with zero attached hydrogens (tertiary/aromatic N) is 5. The van der Waals surface area contributed by atoms with Crippen LogP contribution in [-0.2, 0) is 17.9 Å². The third-order valence-electron chi connectivity index (χ3n) is 6.00. The normalized spacial score (nSPS) is 14.1. The molecule has 0 fully saturated rings. The first-order chi connectivity index (χ1) is 17.4. The number of aromatic nitrogens is 5. The van der Waals surface area contributed by atoms with Gasteiger partial charge in [-0.05, 0) is 30.3 Å². The third-order valence-corrected chi connectivity index (χ3v) is 8.55. The van der Waals surface area contributed by atoms with E-state index in [2.05, 4.69) is 10.1 Å². The van der Waals surface area contributed by atoms with Gasteiger partial charge in [0.25, 0.3) is 0 Å². The van der Waals surface area contributed by atoms with Crippen LogP contribution in [0.1, 0.15) is 17.4 Å². The van der Waals surface area contributed by atoms with E-state index >= 15 is 0 Å². The molecule has 3 aromatic heterocycles. The Balaban J connectivity index is 1.34. The maximum absolute atomic E-state index is 14.7. The molecule has 0 aliphatic heterocycles. The zero-order chi connectivity index (χ0) is 25.3. The van der Waals surface area contributed by atoms with Crippen LogP contribution < -0.4 is 4.74 Å². The molecule has 36 heavy (non-hydrogen) atoms. The van der Waals surface area contributed by atoms with Gasteiger partial charge in [-0.15, -0.1) is 23.1 Å². The lowest BCUT2D eigenvalue weighted by Gasteiger charge is -2.34. The van der Waals surface area contributed by atoms with Gasteiger partial charge in [-0.3, -0.25) is 4.40 Å². The van der Waals surface area contributed by atoms with Crippen molar-refractivity contribution in [3.8, 4) is 17.0 Å². The maximum Gasteiger partial charge on any atom is 0.194 e. The first kappa shape index (κ1) is 24.4. The van der Waals surface area contributed by atoms with Crippen molar-refractivity contribution in [2.45, 2.75) is 30.1 Å². The van der Waals surface area contributed by atoms with Crippen LogP contribution in [0.25, 0.3) is 16.2 Å². The maximum atomic E-state index is 14.7. The number of thioether (sulfide) groups is 1. The third kappa shape index (κ3) is 4.86. The van der Waals surface area contributed by atoms with Crippen molar-refractivity contribution in [3.63, 3.8) is 0 Å². The van der Waals surface area contributed by atoms with Gasteiger partial charge in [0.05, 0.1) is 19.3 Å². The van der Waals surface area contributed by atoms with Crippen molar-refractivity contribution < 1.29 is 18.6 Å². The summed E-state index contributed by atoms with van der Waals surface area (Å²) in [5.74, 6) is -0.131. The molecule has 5 aromatic rings. The summed E-state index contributed by atoms with van der Waals surface area (Å²) in [5.41, 5.74) is 0.237. The van der Waals surface area contributed by atoms with Crippen LogP contribution in [0.3, 0.4) is 0 Å². The molecule has 2 atom stereocenters. The molecule has 11 heteroatoms. The molecule has 0 spiro atoms. The lowest BCUT2D eigenvalue weighted by atomic mass is 9.90. The van der Waals surface area contributed by atoms with Crippen LogP contribution in [-0.4, -0.2) is 41.6 Å². The molecule has 5 rings (SSSR count). The molecule has 0 aliphatic rings. The molecule has 1 N–H and O–H groups in total. The Morgan fingerprint density at radius 3 is 2.64 bits per heavy atom. The second-order valence-corrected chi connectivity index (χ2v) is 10.8. The van der Waals surface area contributed by atoms with Gasteiger partial charge in [-0.1, -0.05) is 13.0 Å². The standard InChI is InChI=1S/C25H23F2N5O2S2/c1-16(25(33,13-32-15-28-14-29-32)21-8-5-18(26)9-22(21)27)35-12-20-10-31-11-23(30-24(31)36-20)17-3-6-19(34-2)7-4-17/h3-11,14-16,33H,12-13H2,1-2H3/t16-,25-/m1/s1. The summed E-state index contributed by atoms with van der Waals surface area (Å²) in [6.07, 6.45) is 6.79. The SMILES string of the molecule is COc1ccc(-c2cn3cc(CS[C@H](C)[C@](O)(Cn4cncn4)c4ccc(F)cc4F)sc3n2)cc1. The topological polar surface area (TPSA) is 77.5 Å². The molecule has 0 bridgehead atoms. The highest BCUT2D eigenvalue weighted by Gasteiger charge is 2.39. The average Bonchev–Trinajstić information content (AvgIpc) is 3.59. The molecular weight excluding hydrogens is 504 g/mol. The van der Waals surface area contributed by atoms with E-state index in [1.54, 1.807) is 18.4 Å². The number of hydrogen-bond acceptors (Lipinski definition) is 7. The Labute approximate surface area is 214 Å². The first-order valence-electron chi connectivity index (χ1n) is 11.1. The van der Waals surface area contributed by atoms with E-state index in [1.807, 2.05) is 48.0 Å². The first-order valence-corrected chi connectivity index (χ1v) is 13.0. The second-order valence-electron chi connectivity index (χ2n) is 8.34. The van der Waals surface area contributed by atoms with Crippen LogP contribution in [0.5, 0.6) is 5.75 Å². The van der Waals surface area contributed by atoms with Crippen molar-refractivity contribution in [3.05, 3.63) is 89.6 Å².